The molecule has 0 aromatic carbocycles. The van der Waals surface area contributed by atoms with Gasteiger partial charge in [-0.2, -0.15) is 0 Å². The quantitative estimate of drug-likeness (QED) is 0.739. The van der Waals surface area contributed by atoms with Gasteiger partial charge >= 0.3 is 0 Å². The summed E-state index contributed by atoms with van der Waals surface area (Å²) in [5.41, 5.74) is 0. The molecule has 2 nitrogen and oxygen atoms in total. The summed E-state index contributed by atoms with van der Waals surface area (Å²) < 4.78 is 5.01. The zero-order chi connectivity index (χ0) is 13.4. The van der Waals surface area contributed by atoms with E-state index in [0.717, 1.165) is 25.7 Å². The van der Waals surface area contributed by atoms with Crippen LogP contribution in [0, 0.1) is 5.92 Å². The molecule has 0 amide bonds. The van der Waals surface area contributed by atoms with Crippen molar-refractivity contribution >= 4 is 0 Å². The number of nitrogens with one attached hydrogen (secondary N) is 1. The average Bonchev–Trinajstić information content (AvgIpc) is 2.43. The fourth-order valence-corrected chi connectivity index (χ4v) is 1.25. The maximum absolute atomic E-state index is 5.01. The predicted molar refractivity (Wildman–Crippen MR) is 78.4 cm³/mol. The second kappa shape index (κ2) is 17.8. The van der Waals surface area contributed by atoms with Gasteiger partial charge in [-0.25, -0.2) is 0 Å². The Bertz CT molecular complexity index is 172. The Kier molecular flexibility index (Phi) is 19.6. The molecule has 0 radical (unpaired) electrons. The summed E-state index contributed by atoms with van der Waals surface area (Å²) in [5.74, 6) is 0.819. The fraction of sp³-hybridized carbons (Fsp3) is 0.733. The van der Waals surface area contributed by atoms with E-state index >= 15 is 0 Å². The van der Waals surface area contributed by atoms with Crippen LogP contribution in [0.25, 0.3) is 0 Å². The molecule has 1 rings (SSSR count). The highest BCUT2D eigenvalue weighted by Gasteiger charge is 1.99. The SMILES string of the molecule is CC.CCC1C=CC=CC1.CCOCCNC. The number of hydrogen-bond acceptors (Lipinski definition) is 2. The smallest absolute Gasteiger partial charge is 0.0590 e. The van der Waals surface area contributed by atoms with Gasteiger partial charge in [0.1, 0.15) is 0 Å². The molecular formula is C15H31NO. The van der Waals surface area contributed by atoms with Crippen LogP contribution in [0.4, 0.5) is 0 Å². The van der Waals surface area contributed by atoms with Crippen molar-refractivity contribution in [1.29, 1.82) is 0 Å². The molecular weight excluding hydrogens is 210 g/mol. The molecule has 102 valence electrons. The first-order chi connectivity index (χ1) is 8.35. The molecule has 0 aliphatic heterocycles. The summed E-state index contributed by atoms with van der Waals surface area (Å²) in [6, 6.07) is 0. The van der Waals surface area contributed by atoms with Crippen molar-refractivity contribution in [1.82, 2.24) is 5.32 Å². The number of rotatable bonds is 5. The Labute approximate surface area is 108 Å². The van der Waals surface area contributed by atoms with Gasteiger partial charge in [0.15, 0.2) is 0 Å². The van der Waals surface area contributed by atoms with E-state index in [1.54, 1.807) is 0 Å². The Morgan fingerprint density at radius 3 is 2.29 bits per heavy atom. The molecule has 1 aliphatic rings. The fourth-order valence-electron chi connectivity index (χ4n) is 1.25. The van der Waals surface area contributed by atoms with Crippen molar-refractivity contribution in [2.45, 2.75) is 40.5 Å². The van der Waals surface area contributed by atoms with Crippen molar-refractivity contribution < 1.29 is 4.74 Å². The van der Waals surface area contributed by atoms with Gasteiger partial charge in [-0.3, -0.25) is 0 Å². The first-order valence-electron chi connectivity index (χ1n) is 6.90. The Morgan fingerprint density at radius 1 is 1.24 bits per heavy atom. The second-order valence-corrected chi connectivity index (χ2v) is 3.52. The highest BCUT2D eigenvalue weighted by atomic mass is 16.5. The lowest BCUT2D eigenvalue weighted by molar-refractivity contribution is 0.151. The third kappa shape index (κ3) is 15.4. The number of ether oxygens (including phenoxy) is 1. The van der Waals surface area contributed by atoms with E-state index < -0.39 is 0 Å². The zero-order valence-electron chi connectivity index (χ0n) is 12.3. The predicted octanol–water partition coefficient (Wildman–Crippen LogP) is 3.80. The van der Waals surface area contributed by atoms with Crippen LogP contribution in [-0.4, -0.2) is 26.8 Å². The van der Waals surface area contributed by atoms with E-state index in [9.17, 15) is 0 Å². The topological polar surface area (TPSA) is 21.3 Å². The van der Waals surface area contributed by atoms with Gasteiger partial charge in [0.05, 0.1) is 6.61 Å². The molecule has 17 heavy (non-hydrogen) atoms. The van der Waals surface area contributed by atoms with Gasteiger partial charge in [-0.15, -0.1) is 0 Å². The standard InChI is InChI=1S/C8H12.C5H13NO.C2H6/c1-2-8-6-4-3-5-7-8;1-3-7-5-4-6-2;1-2/h3-6,8H,2,7H2,1H3;6H,3-5H2,1-2H3;1-2H3. The number of likely N-dealkylation sites (N-methyl/N-ethyl adjacent to an activating group) is 1. The summed E-state index contributed by atoms with van der Waals surface area (Å²) in [4.78, 5) is 0. The van der Waals surface area contributed by atoms with E-state index in [0.29, 0.717) is 0 Å². The molecule has 0 spiro atoms. The van der Waals surface area contributed by atoms with Crippen molar-refractivity contribution in [2.24, 2.45) is 5.92 Å². The Morgan fingerprint density at radius 2 is 1.94 bits per heavy atom. The summed E-state index contributed by atoms with van der Waals surface area (Å²) in [7, 11) is 1.92. The van der Waals surface area contributed by atoms with Crippen LogP contribution in [-0.2, 0) is 4.74 Å². The molecule has 0 saturated carbocycles. The van der Waals surface area contributed by atoms with Gasteiger partial charge in [0.2, 0.25) is 0 Å². The first-order valence-corrected chi connectivity index (χ1v) is 6.90. The Hall–Kier alpha value is -0.600. The molecule has 0 aromatic heterocycles. The van der Waals surface area contributed by atoms with Crippen LogP contribution in [0.15, 0.2) is 24.3 Å². The summed E-state index contributed by atoms with van der Waals surface area (Å²) >= 11 is 0. The molecule has 1 aliphatic carbocycles. The summed E-state index contributed by atoms with van der Waals surface area (Å²) in [6.07, 6.45) is 11.3. The van der Waals surface area contributed by atoms with Crippen molar-refractivity contribution in [2.75, 3.05) is 26.8 Å². The summed E-state index contributed by atoms with van der Waals surface area (Å²) in [5, 5.41) is 2.98. The highest BCUT2D eigenvalue weighted by Crippen LogP contribution is 2.13. The summed E-state index contributed by atoms with van der Waals surface area (Å²) in [6.45, 7) is 10.8. The lowest BCUT2D eigenvalue weighted by Gasteiger charge is -2.07. The van der Waals surface area contributed by atoms with Crippen LogP contribution in [0.3, 0.4) is 0 Å². The second-order valence-electron chi connectivity index (χ2n) is 3.52. The molecule has 0 saturated heterocycles. The van der Waals surface area contributed by atoms with Crippen molar-refractivity contribution in [3.05, 3.63) is 24.3 Å². The van der Waals surface area contributed by atoms with Crippen LogP contribution >= 0.6 is 0 Å². The zero-order valence-corrected chi connectivity index (χ0v) is 12.3. The van der Waals surface area contributed by atoms with Gasteiger partial charge in [0.25, 0.3) is 0 Å². The molecule has 1 N–H and O–H groups in total. The monoisotopic (exact) mass is 241 g/mol. The van der Waals surface area contributed by atoms with E-state index in [4.69, 9.17) is 4.74 Å². The van der Waals surface area contributed by atoms with Crippen molar-refractivity contribution in [3.8, 4) is 0 Å². The lowest BCUT2D eigenvalue weighted by atomic mass is 9.99. The minimum atomic E-state index is 0.819. The first kappa shape index (κ1) is 18.8. The van der Waals surface area contributed by atoms with Crippen molar-refractivity contribution in [3.63, 3.8) is 0 Å². The minimum Gasteiger partial charge on any atom is -0.380 e. The van der Waals surface area contributed by atoms with E-state index in [1.807, 2.05) is 27.8 Å². The molecule has 0 aromatic rings. The molecule has 1 unspecified atom stereocenters. The number of allylic oxidation sites excluding steroid dienone is 4. The molecule has 1 atom stereocenters. The van der Waals surface area contributed by atoms with E-state index in [-0.39, 0.29) is 0 Å². The number of hydrogen-bond donors (Lipinski definition) is 1. The average molecular weight is 241 g/mol. The highest BCUT2D eigenvalue weighted by molar-refractivity contribution is 5.10. The van der Waals surface area contributed by atoms with Crippen LogP contribution < -0.4 is 5.32 Å². The molecule has 0 bridgehead atoms. The van der Waals surface area contributed by atoms with E-state index in [1.165, 1.54) is 12.8 Å². The minimum absolute atomic E-state index is 0.819. The van der Waals surface area contributed by atoms with Crippen LogP contribution in [0.5, 0.6) is 0 Å². The van der Waals surface area contributed by atoms with Gasteiger partial charge < -0.3 is 10.1 Å². The van der Waals surface area contributed by atoms with Gasteiger partial charge in [-0.05, 0) is 32.7 Å². The largest absolute Gasteiger partial charge is 0.380 e. The maximum Gasteiger partial charge on any atom is 0.0590 e. The van der Waals surface area contributed by atoms with Crippen LogP contribution in [0.2, 0.25) is 0 Å². The van der Waals surface area contributed by atoms with Gasteiger partial charge in [-0.1, -0.05) is 45.1 Å². The van der Waals surface area contributed by atoms with E-state index in [2.05, 4.69) is 36.5 Å². The van der Waals surface area contributed by atoms with Gasteiger partial charge in [0, 0.05) is 13.2 Å². The third-order valence-electron chi connectivity index (χ3n) is 2.29. The molecule has 0 heterocycles. The molecule has 0 fully saturated rings. The third-order valence-corrected chi connectivity index (χ3v) is 2.29. The van der Waals surface area contributed by atoms with Crippen LogP contribution in [0.1, 0.15) is 40.5 Å². The normalized spacial score (nSPS) is 16.6. The maximum atomic E-state index is 5.01. The Balaban J connectivity index is 0. The molecule has 2 heteroatoms. The lowest BCUT2D eigenvalue weighted by Crippen LogP contribution is -2.13.